The zero-order valence-corrected chi connectivity index (χ0v) is 14.6. The van der Waals surface area contributed by atoms with Gasteiger partial charge in [-0.2, -0.15) is 13.2 Å². The van der Waals surface area contributed by atoms with Crippen LogP contribution in [0.3, 0.4) is 0 Å². The van der Waals surface area contributed by atoms with E-state index in [0.29, 0.717) is 37.6 Å². The molecule has 144 valence electrons. The van der Waals surface area contributed by atoms with Gasteiger partial charge in [-0.1, -0.05) is 0 Å². The zero-order valence-electron chi connectivity index (χ0n) is 14.6. The third-order valence-electron chi connectivity index (χ3n) is 5.32. The quantitative estimate of drug-likeness (QED) is 0.526. The van der Waals surface area contributed by atoms with Gasteiger partial charge >= 0.3 is 6.18 Å². The molecule has 1 saturated heterocycles. The van der Waals surface area contributed by atoms with Gasteiger partial charge in [0.2, 0.25) is 5.43 Å². The van der Waals surface area contributed by atoms with Gasteiger partial charge in [0.15, 0.2) is 0 Å². The fourth-order valence-corrected chi connectivity index (χ4v) is 4.00. The van der Waals surface area contributed by atoms with Crippen LogP contribution in [0.15, 0.2) is 35.3 Å². The number of benzene rings is 1. The molecule has 0 bridgehead atoms. The Morgan fingerprint density at radius 2 is 1.82 bits per heavy atom. The van der Waals surface area contributed by atoms with Crippen LogP contribution in [0.2, 0.25) is 0 Å². The fraction of sp³-hybridized carbons (Fsp3) is 0.263. The number of anilines is 1. The van der Waals surface area contributed by atoms with E-state index in [0.717, 1.165) is 6.07 Å². The zero-order chi connectivity index (χ0) is 19.6. The van der Waals surface area contributed by atoms with Gasteiger partial charge in [-0.3, -0.25) is 14.2 Å². The van der Waals surface area contributed by atoms with Crippen LogP contribution in [0.4, 0.5) is 18.9 Å². The Bertz CT molecular complexity index is 1190. The van der Waals surface area contributed by atoms with E-state index in [1.807, 2.05) is 0 Å². The molecule has 9 heteroatoms. The first-order chi connectivity index (χ1) is 13.4. The van der Waals surface area contributed by atoms with Crippen molar-refractivity contribution in [1.82, 2.24) is 14.9 Å². The minimum Gasteiger partial charge on any atom is -0.368 e. The highest BCUT2D eigenvalue weighted by atomic mass is 19.4. The monoisotopic (exact) mass is 388 g/mol. The van der Waals surface area contributed by atoms with Gasteiger partial charge in [-0.15, -0.1) is 0 Å². The Morgan fingerprint density at radius 3 is 2.54 bits per heavy atom. The number of piperazine rings is 1. The topological polar surface area (TPSA) is 70.1 Å². The number of fused-ring (bicyclic) bond motifs is 4. The number of aromatic nitrogens is 2. The maximum Gasteiger partial charge on any atom is 0.418 e. The fourth-order valence-electron chi connectivity index (χ4n) is 4.00. The van der Waals surface area contributed by atoms with Crippen molar-refractivity contribution in [3.05, 3.63) is 51.8 Å². The maximum absolute atomic E-state index is 13.8. The molecule has 2 aromatic heterocycles. The van der Waals surface area contributed by atoms with Crippen LogP contribution in [-0.4, -0.2) is 41.6 Å². The standard InChI is InChI=1S/C19H15F3N4O2/c20-19(21,22)11-8-10-12(9-14(11)25-6-3-23-4-7-25)24-16-13-2-1-5-26(13)18(28)15(16)17(10)27/h1-2,5,8-9,23H,3-4,6-7H2,(H,24,27). The van der Waals surface area contributed by atoms with E-state index < -0.39 is 23.1 Å². The molecule has 2 aliphatic heterocycles. The van der Waals surface area contributed by atoms with Crippen LogP contribution >= 0.6 is 0 Å². The van der Waals surface area contributed by atoms with Crippen LogP contribution in [0.25, 0.3) is 22.3 Å². The van der Waals surface area contributed by atoms with E-state index in [1.54, 1.807) is 17.0 Å². The highest BCUT2D eigenvalue weighted by Gasteiger charge is 2.37. The molecular formula is C19H15F3N4O2. The highest BCUT2D eigenvalue weighted by Crippen LogP contribution is 2.39. The van der Waals surface area contributed by atoms with Crippen molar-refractivity contribution in [1.29, 1.82) is 0 Å². The molecule has 6 nitrogen and oxygen atoms in total. The summed E-state index contributed by atoms with van der Waals surface area (Å²) < 4.78 is 42.6. The Labute approximate surface area is 156 Å². The molecule has 0 atom stereocenters. The SMILES string of the molecule is O=C1c2c([nH]c3cc(N4CCNCC4)c(C(F)(F)F)cc3c2=O)-c2cccn21. The second-order valence-corrected chi connectivity index (χ2v) is 6.92. The third-order valence-corrected chi connectivity index (χ3v) is 5.32. The largest absolute Gasteiger partial charge is 0.418 e. The first kappa shape index (κ1) is 17.1. The van der Waals surface area contributed by atoms with Crippen molar-refractivity contribution in [2.75, 3.05) is 31.1 Å². The first-order valence-corrected chi connectivity index (χ1v) is 8.85. The van der Waals surface area contributed by atoms with Crippen molar-refractivity contribution in [2.45, 2.75) is 6.18 Å². The van der Waals surface area contributed by atoms with Crippen LogP contribution in [0, 0.1) is 0 Å². The Balaban J connectivity index is 1.80. The lowest BCUT2D eigenvalue weighted by Crippen LogP contribution is -2.44. The van der Waals surface area contributed by atoms with Crippen molar-refractivity contribution >= 4 is 22.5 Å². The molecule has 28 heavy (non-hydrogen) atoms. The van der Waals surface area contributed by atoms with E-state index in [2.05, 4.69) is 10.3 Å². The van der Waals surface area contributed by atoms with Crippen LogP contribution in [0.1, 0.15) is 15.9 Å². The van der Waals surface area contributed by atoms with Gasteiger partial charge in [0.05, 0.1) is 28.2 Å². The van der Waals surface area contributed by atoms with Crippen LogP contribution < -0.4 is 15.6 Å². The molecule has 0 aliphatic carbocycles. The molecule has 0 radical (unpaired) electrons. The minimum absolute atomic E-state index is 0.0387. The molecule has 2 N–H and O–H groups in total. The van der Waals surface area contributed by atoms with Gasteiger partial charge < -0.3 is 15.2 Å². The Morgan fingerprint density at radius 1 is 1.07 bits per heavy atom. The average molecular weight is 388 g/mol. The van der Waals surface area contributed by atoms with Gasteiger partial charge in [-0.05, 0) is 24.3 Å². The van der Waals surface area contributed by atoms with E-state index in [1.165, 1.54) is 16.8 Å². The Hall–Kier alpha value is -3.07. The summed E-state index contributed by atoms with van der Waals surface area (Å²) in [6, 6.07) is 5.61. The number of carbonyl (C=O) groups excluding carboxylic acids is 1. The smallest absolute Gasteiger partial charge is 0.368 e. The number of alkyl halides is 3. The number of nitrogens with zero attached hydrogens (tertiary/aromatic N) is 2. The lowest BCUT2D eigenvalue weighted by molar-refractivity contribution is -0.137. The molecule has 5 rings (SSSR count). The van der Waals surface area contributed by atoms with Crippen LogP contribution in [-0.2, 0) is 6.18 Å². The number of nitrogens with one attached hydrogen (secondary N) is 2. The maximum atomic E-state index is 13.8. The first-order valence-electron chi connectivity index (χ1n) is 8.85. The van der Waals surface area contributed by atoms with Crippen molar-refractivity contribution in [2.24, 2.45) is 0 Å². The summed E-state index contributed by atoms with van der Waals surface area (Å²) in [6.07, 6.45) is -3.09. The van der Waals surface area contributed by atoms with Crippen molar-refractivity contribution < 1.29 is 18.0 Å². The average Bonchev–Trinajstić information content (AvgIpc) is 3.24. The number of hydrogen-bond acceptors (Lipinski definition) is 4. The molecule has 3 aromatic rings. The molecule has 0 spiro atoms. The predicted molar refractivity (Wildman–Crippen MR) is 97.8 cm³/mol. The summed E-state index contributed by atoms with van der Waals surface area (Å²) >= 11 is 0. The highest BCUT2D eigenvalue weighted by molar-refractivity contribution is 6.10. The number of pyridine rings is 1. The summed E-state index contributed by atoms with van der Waals surface area (Å²) in [6.45, 7) is 2.03. The van der Waals surface area contributed by atoms with Crippen molar-refractivity contribution in [3.8, 4) is 11.4 Å². The molecule has 0 unspecified atom stereocenters. The number of aromatic amines is 1. The molecule has 4 heterocycles. The summed E-state index contributed by atoms with van der Waals surface area (Å²) in [5.41, 5.74) is -0.468. The molecule has 0 amide bonds. The number of H-pyrrole nitrogens is 1. The summed E-state index contributed by atoms with van der Waals surface area (Å²) in [4.78, 5) is 30.1. The molecule has 2 aliphatic rings. The van der Waals surface area contributed by atoms with Gasteiger partial charge in [0.1, 0.15) is 5.56 Å². The summed E-state index contributed by atoms with van der Waals surface area (Å²) in [5, 5.41) is 2.98. The van der Waals surface area contributed by atoms with E-state index >= 15 is 0 Å². The third kappa shape index (κ3) is 2.32. The molecule has 1 fully saturated rings. The van der Waals surface area contributed by atoms with Crippen molar-refractivity contribution in [3.63, 3.8) is 0 Å². The minimum atomic E-state index is -4.62. The van der Waals surface area contributed by atoms with E-state index in [4.69, 9.17) is 0 Å². The number of hydrogen-bond donors (Lipinski definition) is 2. The normalized spacial score (nSPS) is 16.5. The molecule has 1 aromatic carbocycles. The number of rotatable bonds is 1. The molecule has 0 saturated carbocycles. The lowest BCUT2D eigenvalue weighted by atomic mass is 10.0. The summed E-state index contributed by atoms with van der Waals surface area (Å²) in [5.74, 6) is -0.530. The second kappa shape index (κ2) is 5.71. The lowest BCUT2D eigenvalue weighted by Gasteiger charge is -2.31. The van der Waals surface area contributed by atoms with Gasteiger partial charge in [0, 0.05) is 37.8 Å². The van der Waals surface area contributed by atoms with E-state index in [-0.39, 0.29) is 22.2 Å². The number of halogens is 3. The second-order valence-electron chi connectivity index (χ2n) is 6.92. The Kier molecular flexibility index (Phi) is 3.48. The molecular weight excluding hydrogens is 373 g/mol. The predicted octanol–water partition coefficient (Wildman–Crippen LogP) is 2.43. The number of carbonyl (C=O) groups is 1. The van der Waals surface area contributed by atoms with E-state index in [9.17, 15) is 22.8 Å². The van der Waals surface area contributed by atoms with Gasteiger partial charge in [-0.25, -0.2) is 0 Å². The van der Waals surface area contributed by atoms with Gasteiger partial charge in [0.25, 0.3) is 5.91 Å². The summed E-state index contributed by atoms with van der Waals surface area (Å²) in [7, 11) is 0. The van der Waals surface area contributed by atoms with Crippen LogP contribution in [0.5, 0.6) is 0 Å².